The van der Waals surface area contributed by atoms with Gasteiger partial charge in [-0.05, 0) is 38.8 Å². The number of carbonyl (C=O) groups excluding carboxylic acids is 1. The quantitative estimate of drug-likeness (QED) is 0.867. The van der Waals surface area contributed by atoms with E-state index in [0.717, 1.165) is 32.5 Å². The number of nitrogens with zero attached hydrogens (tertiary/aromatic N) is 3. The number of hydrogen-bond acceptors (Lipinski definition) is 4. The van der Waals surface area contributed by atoms with Crippen LogP contribution in [0.2, 0.25) is 0 Å². The monoisotopic (exact) mass is 320 g/mol. The molecule has 3 rings (SSSR count). The van der Waals surface area contributed by atoms with Crippen LogP contribution in [0.1, 0.15) is 49.3 Å². The molecule has 2 saturated heterocycles. The minimum atomic E-state index is 0.206. The minimum absolute atomic E-state index is 0.206. The van der Waals surface area contributed by atoms with Crippen LogP contribution in [0, 0.1) is 0 Å². The molecule has 1 unspecified atom stereocenters. The molecule has 2 aliphatic rings. The molecule has 2 aliphatic heterocycles. The minimum Gasteiger partial charge on any atom is -0.384 e. The zero-order valence-corrected chi connectivity index (χ0v) is 14.1. The number of hydrogen-bond donors (Lipinski definition) is 1. The van der Waals surface area contributed by atoms with Gasteiger partial charge in [-0.2, -0.15) is 5.10 Å². The number of H-pyrrole nitrogens is 1. The molecule has 2 fully saturated rings. The molecular formula is C17H28N4O2. The van der Waals surface area contributed by atoms with Gasteiger partial charge in [0, 0.05) is 43.9 Å². The van der Waals surface area contributed by atoms with Crippen molar-refractivity contribution in [1.29, 1.82) is 0 Å². The van der Waals surface area contributed by atoms with Crippen LogP contribution in [0.3, 0.4) is 0 Å². The number of ether oxygens (including phenoxy) is 1. The number of carbonyl (C=O) groups is 1. The average Bonchev–Trinajstić information content (AvgIpc) is 3.25. The van der Waals surface area contributed by atoms with Gasteiger partial charge in [-0.3, -0.25) is 14.8 Å². The number of amides is 1. The van der Waals surface area contributed by atoms with Gasteiger partial charge in [0.05, 0.1) is 19.2 Å². The van der Waals surface area contributed by atoms with E-state index < -0.39 is 0 Å². The van der Waals surface area contributed by atoms with Crippen molar-refractivity contribution >= 4 is 5.91 Å². The zero-order chi connectivity index (χ0) is 16.1. The Morgan fingerprint density at radius 2 is 2.17 bits per heavy atom. The highest BCUT2D eigenvalue weighted by atomic mass is 16.5. The van der Waals surface area contributed by atoms with Crippen molar-refractivity contribution in [2.24, 2.45) is 0 Å². The molecule has 1 aromatic heterocycles. The molecule has 3 heterocycles. The zero-order valence-electron chi connectivity index (χ0n) is 14.1. The molecule has 128 valence electrons. The third kappa shape index (κ3) is 4.12. The third-order valence-electron chi connectivity index (χ3n) is 5.05. The van der Waals surface area contributed by atoms with E-state index in [2.05, 4.69) is 15.1 Å². The van der Waals surface area contributed by atoms with Crippen molar-refractivity contribution in [2.75, 3.05) is 39.9 Å². The maximum Gasteiger partial charge on any atom is 0.224 e. The Labute approximate surface area is 138 Å². The smallest absolute Gasteiger partial charge is 0.224 e. The summed E-state index contributed by atoms with van der Waals surface area (Å²) in [6.45, 7) is 5.55. The lowest BCUT2D eigenvalue weighted by Crippen LogP contribution is -2.39. The van der Waals surface area contributed by atoms with Crippen molar-refractivity contribution in [1.82, 2.24) is 20.0 Å². The fourth-order valence-corrected chi connectivity index (χ4v) is 3.77. The van der Waals surface area contributed by atoms with Crippen LogP contribution in [0.5, 0.6) is 0 Å². The normalized spacial score (nSPS) is 22.7. The Bertz CT molecular complexity index is 510. The molecule has 0 radical (unpaired) electrons. The van der Waals surface area contributed by atoms with Crippen molar-refractivity contribution in [3.63, 3.8) is 0 Å². The van der Waals surface area contributed by atoms with Gasteiger partial charge >= 0.3 is 0 Å². The predicted octanol–water partition coefficient (Wildman–Crippen LogP) is 1.75. The molecule has 0 saturated carbocycles. The second-order valence-corrected chi connectivity index (χ2v) is 6.71. The number of nitrogens with one attached hydrogen (secondary N) is 1. The van der Waals surface area contributed by atoms with E-state index in [4.69, 9.17) is 4.74 Å². The summed E-state index contributed by atoms with van der Waals surface area (Å²) in [6.07, 6.45) is 7.25. The van der Waals surface area contributed by atoms with Crippen molar-refractivity contribution in [3.05, 3.63) is 17.5 Å². The summed E-state index contributed by atoms with van der Waals surface area (Å²) in [5.74, 6) is 0.590. The fourth-order valence-electron chi connectivity index (χ4n) is 3.77. The molecule has 1 amide bonds. The number of likely N-dealkylation sites (tertiary alicyclic amines) is 2. The van der Waals surface area contributed by atoms with E-state index in [9.17, 15) is 4.79 Å². The van der Waals surface area contributed by atoms with Crippen LogP contribution in [0.25, 0.3) is 0 Å². The number of aromatic nitrogens is 2. The number of aromatic amines is 1. The van der Waals surface area contributed by atoms with E-state index in [-0.39, 0.29) is 5.91 Å². The Hall–Kier alpha value is -1.40. The first-order valence-corrected chi connectivity index (χ1v) is 8.79. The van der Waals surface area contributed by atoms with E-state index in [1.165, 1.54) is 37.2 Å². The van der Waals surface area contributed by atoms with E-state index in [0.29, 0.717) is 18.9 Å². The number of piperidine rings is 1. The van der Waals surface area contributed by atoms with Crippen LogP contribution in [0.15, 0.2) is 6.20 Å². The summed E-state index contributed by atoms with van der Waals surface area (Å²) in [5, 5.41) is 7.50. The molecular weight excluding hydrogens is 292 g/mol. The maximum absolute atomic E-state index is 12.2. The van der Waals surface area contributed by atoms with E-state index in [1.807, 2.05) is 11.1 Å². The highest BCUT2D eigenvalue weighted by Crippen LogP contribution is 2.29. The topological polar surface area (TPSA) is 61.5 Å². The second-order valence-electron chi connectivity index (χ2n) is 6.71. The molecule has 1 aromatic rings. The van der Waals surface area contributed by atoms with Crippen molar-refractivity contribution in [2.45, 2.75) is 44.6 Å². The molecule has 1 N–H and O–H groups in total. The van der Waals surface area contributed by atoms with Gasteiger partial charge in [0.15, 0.2) is 0 Å². The largest absolute Gasteiger partial charge is 0.384 e. The lowest BCUT2D eigenvalue weighted by Gasteiger charge is -2.33. The van der Waals surface area contributed by atoms with Gasteiger partial charge in [0.25, 0.3) is 0 Å². The standard InChI is InChI=1S/C17H28N4O2/c1-23-10-6-16(22)21-9-4-5-14(13-21)17-15(11-18-19-17)12-20-7-2-3-8-20/h11,14H,2-10,12-13H2,1H3,(H,18,19). The Balaban J connectivity index is 1.62. The molecule has 0 spiro atoms. The van der Waals surface area contributed by atoms with Gasteiger partial charge in [-0.25, -0.2) is 0 Å². The van der Waals surface area contributed by atoms with E-state index >= 15 is 0 Å². The molecule has 1 atom stereocenters. The lowest BCUT2D eigenvalue weighted by molar-refractivity contribution is -0.133. The molecule has 0 bridgehead atoms. The average molecular weight is 320 g/mol. The van der Waals surface area contributed by atoms with Gasteiger partial charge in [0.1, 0.15) is 0 Å². The molecule has 6 heteroatoms. The first-order chi connectivity index (χ1) is 11.3. The van der Waals surface area contributed by atoms with Gasteiger partial charge in [-0.15, -0.1) is 0 Å². The molecule has 0 aliphatic carbocycles. The third-order valence-corrected chi connectivity index (χ3v) is 5.05. The summed E-state index contributed by atoms with van der Waals surface area (Å²) in [5.41, 5.74) is 2.55. The van der Waals surface area contributed by atoms with Crippen LogP contribution in [-0.4, -0.2) is 65.8 Å². The molecule has 0 aromatic carbocycles. The maximum atomic E-state index is 12.2. The van der Waals surface area contributed by atoms with E-state index in [1.54, 1.807) is 7.11 Å². The Morgan fingerprint density at radius 1 is 1.35 bits per heavy atom. The second kappa shape index (κ2) is 7.93. The SMILES string of the molecule is COCCC(=O)N1CCCC(c2[nH]ncc2CN2CCCC2)C1. The first-order valence-electron chi connectivity index (χ1n) is 8.79. The van der Waals surface area contributed by atoms with Crippen LogP contribution in [-0.2, 0) is 16.1 Å². The summed E-state index contributed by atoms with van der Waals surface area (Å²) < 4.78 is 5.03. The van der Waals surface area contributed by atoms with Gasteiger partial charge in [0.2, 0.25) is 5.91 Å². The van der Waals surface area contributed by atoms with Crippen LogP contribution >= 0.6 is 0 Å². The summed E-state index contributed by atoms with van der Waals surface area (Å²) in [6, 6.07) is 0. The number of rotatable bonds is 6. The highest BCUT2D eigenvalue weighted by molar-refractivity contribution is 5.76. The van der Waals surface area contributed by atoms with Crippen molar-refractivity contribution in [3.8, 4) is 0 Å². The Kier molecular flexibility index (Phi) is 5.67. The first kappa shape index (κ1) is 16.5. The van der Waals surface area contributed by atoms with Gasteiger partial charge in [-0.1, -0.05) is 0 Å². The van der Waals surface area contributed by atoms with Crippen LogP contribution < -0.4 is 0 Å². The summed E-state index contributed by atoms with van der Waals surface area (Å²) in [4.78, 5) is 16.7. The molecule has 6 nitrogen and oxygen atoms in total. The summed E-state index contributed by atoms with van der Waals surface area (Å²) in [7, 11) is 1.64. The number of methoxy groups -OCH3 is 1. The van der Waals surface area contributed by atoms with Gasteiger partial charge < -0.3 is 9.64 Å². The Morgan fingerprint density at radius 3 is 2.96 bits per heavy atom. The highest BCUT2D eigenvalue weighted by Gasteiger charge is 2.27. The predicted molar refractivity (Wildman–Crippen MR) is 88.1 cm³/mol. The lowest BCUT2D eigenvalue weighted by atomic mass is 9.92. The molecule has 23 heavy (non-hydrogen) atoms. The fraction of sp³-hybridized carbons (Fsp3) is 0.765. The summed E-state index contributed by atoms with van der Waals surface area (Å²) >= 11 is 0. The van der Waals surface area contributed by atoms with Crippen LogP contribution in [0.4, 0.5) is 0 Å². The van der Waals surface area contributed by atoms with Crippen molar-refractivity contribution < 1.29 is 9.53 Å².